The monoisotopic (exact) mass is 264 g/mol. The van der Waals surface area contributed by atoms with Crippen LogP contribution in [0.4, 0.5) is 0 Å². The third-order valence-corrected chi connectivity index (χ3v) is 5.37. The van der Waals surface area contributed by atoms with Crippen molar-refractivity contribution >= 4 is 11.8 Å². The molecule has 0 aromatic heterocycles. The summed E-state index contributed by atoms with van der Waals surface area (Å²) in [7, 11) is 0. The molecule has 0 spiro atoms. The highest BCUT2D eigenvalue weighted by Gasteiger charge is 2.55. The largest absolute Gasteiger partial charge is 0.340 e. The van der Waals surface area contributed by atoms with Crippen LogP contribution in [0.2, 0.25) is 0 Å². The number of rotatable bonds is 2. The maximum Gasteiger partial charge on any atom is 0.249 e. The maximum absolute atomic E-state index is 12.9. The van der Waals surface area contributed by atoms with Gasteiger partial charge in [-0.05, 0) is 45.4 Å². The van der Waals surface area contributed by atoms with Gasteiger partial charge >= 0.3 is 0 Å². The Balaban J connectivity index is 1.87. The normalized spacial score (nSPS) is 35.2. The first-order valence-electron chi connectivity index (χ1n) is 7.59. The number of carbonyl (C=O) groups excluding carboxylic acids is 2. The molecule has 3 aliphatic rings. The second-order valence-corrected chi connectivity index (χ2v) is 6.97. The van der Waals surface area contributed by atoms with E-state index >= 15 is 0 Å². The molecular formula is C15H24N2O2. The summed E-state index contributed by atoms with van der Waals surface area (Å²) >= 11 is 0. The van der Waals surface area contributed by atoms with Gasteiger partial charge in [0, 0.05) is 5.54 Å². The molecule has 4 nitrogen and oxygen atoms in total. The van der Waals surface area contributed by atoms with E-state index in [2.05, 4.69) is 12.2 Å². The van der Waals surface area contributed by atoms with Gasteiger partial charge in [0.1, 0.15) is 12.1 Å². The van der Waals surface area contributed by atoms with Crippen LogP contribution in [0.15, 0.2) is 0 Å². The number of nitrogens with one attached hydrogen (secondary N) is 1. The van der Waals surface area contributed by atoms with Gasteiger partial charge in [-0.25, -0.2) is 0 Å². The smallest absolute Gasteiger partial charge is 0.249 e. The van der Waals surface area contributed by atoms with Gasteiger partial charge in [0.05, 0.1) is 0 Å². The summed E-state index contributed by atoms with van der Waals surface area (Å²) in [5.74, 6) is 0.513. The van der Waals surface area contributed by atoms with Crippen molar-refractivity contribution in [2.24, 2.45) is 5.92 Å². The van der Waals surface area contributed by atoms with Crippen molar-refractivity contribution < 1.29 is 9.59 Å². The van der Waals surface area contributed by atoms with Gasteiger partial charge in [-0.3, -0.25) is 9.59 Å². The highest BCUT2D eigenvalue weighted by atomic mass is 16.2. The molecule has 106 valence electrons. The maximum atomic E-state index is 12.9. The number of amides is 2. The van der Waals surface area contributed by atoms with Crippen molar-refractivity contribution in [3.8, 4) is 0 Å². The lowest BCUT2D eigenvalue weighted by molar-refractivity contribution is -0.157. The van der Waals surface area contributed by atoms with Crippen molar-refractivity contribution in [1.82, 2.24) is 10.2 Å². The van der Waals surface area contributed by atoms with Gasteiger partial charge in [-0.1, -0.05) is 19.3 Å². The topological polar surface area (TPSA) is 49.4 Å². The highest BCUT2D eigenvalue weighted by molar-refractivity contribution is 5.98. The molecule has 1 unspecified atom stereocenters. The van der Waals surface area contributed by atoms with Crippen LogP contribution in [0.5, 0.6) is 0 Å². The Morgan fingerprint density at radius 3 is 2.32 bits per heavy atom. The van der Waals surface area contributed by atoms with Crippen molar-refractivity contribution in [2.45, 2.75) is 69.9 Å². The Morgan fingerprint density at radius 2 is 1.74 bits per heavy atom. The molecule has 2 aliphatic carbocycles. The fraction of sp³-hybridized carbons (Fsp3) is 0.867. The van der Waals surface area contributed by atoms with Gasteiger partial charge < -0.3 is 10.2 Å². The van der Waals surface area contributed by atoms with Crippen LogP contribution in [-0.2, 0) is 9.59 Å². The predicted octanol–water partition coefficient (Wildman–Crippen LogP) is 1.84. The van der Waals surface area contributed by atoms with E-state index in [1.807, 2.05) is 11.8 Å². The molecule has 2 saturated carbocycles. The van der Waals surface area contributed by atoms with E-state index in [0.717, 1.165) is 25.7 Å². The summed E-state index contributed by atoms with van der Waals surface area (Å²) in [4.78, 5) is 26.8. The fourth-order valence-electron chi connectivity index (χ4n) is 3.84. The van der Waals surface area contributed by atoms with E-state index in [0.29, 0.717) is 5.92 Å². The molecule has 1 N–H and O–H groups in total. The lowest BCUT2D eigenvalue weighted by atomic mass is 9.79. The second kappa shape index (κ2) is 4.22. The van der Waals surface area contributed by atoms with Gasteiger partial charge in [0.25, 0.3) is 0 Å². The Kier molecular flexibility index (Phi) is 2.88. The van der Waals surface area contributed by atoms with E-state index < -0.39 is 5.54 Å². The zero-order valence-corrected chi connectivity index (χ0v) is 12.0. The predicted molar refractivity (Wildman–Crippen MR) is 72.5 cm³/mol. The van der Waals surface area contributed by atoms with E-state index in [1.165, 1.54) is 19.3 Å². The van der Waals surface area contributed by atoms with Crippen LogP contribution in [0, 0.1) is 5.92 Å². The molecule has 4 heteroatoms. The minimum atomic E-state index is -0.643. The lowest BCUT2D eigenvalue weighted by Gasteiger charge is -2.50. The minimum Gasteiger partial charge on any atom is -0.340 e. The Labute approximate surface area is 114 Å². The summed E-state index contributed by atoms with van der Waals surface area (Å²) < 4.78 is 0. The molecule has 0 radical (unpaired) electrons. The summed E-state index contributed by atoms with van der Waals surface area (Å²) in [6.07, 6.45) is 7.79. The molecule has 19 heavy (non-hydrogen) atoms. The van der Waals surface area contributed by atoms with Gasteiger partial charge in [0.2, 0.25) is 11.8 Å². The molecule has 1 aliphatic heterocycles. The molecule has 0 aromatic carbocycles. The molecule has 1 heterocycles. The zero-order valence-electron chi connectivity index (χ0n) is 12.0. The number of hydrogen-bond acceptors (Lipinski definition) is 2. The standard InChI is InChI=1S/C15H24N2O2/c1-14(8-4-3-5-9-14)17-10-12(18)16-15(2,13(17)19)11-6-7-11/h11H,3-10H2,1-2H3,(H,16,18). The second-order valence-electron chi connectivity index (χ2n) is 6.97. The average Bonchev–Trinajstić information content (AvgIpc) is 3.19. The lowest BCUT2D eigenvalue weighted by Crippen LogP contribution is -2.70. The molecule has 2 amide bonds. The van der Waals surface area contributed by atoms with Crippen LogP contribution in [-0.4, -0.2) is 34.3 Å². The highest BCUT2D eigenvalue weighted by Crippen LogP contribution is 2.44. The first kappa shape index (κ1) is 12.9. The number of piperazine rings is 1. The fourth-order valence-corrected chi connectivity index (χ4v) is 3.84. The Morgan fingerprint density at radius 1 is 1.11 bits per heavy atom. The van der Waals surface area contributed by atoms with Crippen molar-refractivity contribution in [2.75, 3.05) is 6.54 Å². The van der Waals surface area contributed by atoms with Gasteiger partial charge in [0.15, 0.2) is 0 Å². The number of nitrogens with zero attached hydrogens (tertiary/aromatic N) is 1. The first-order chi connectivity index (χ1) is 8.96. The molecule has 3 fully saturated rings. The van der Waals surface area contributed by atoms with Crippen LogP contribution in [0.1, 0.15) is 58.8 Å². The van der Waals surface area contributed by atoms with Crippen molar-refractivity contribution in [1.29, 1.82) is 0 Å². The van der Waals surface area contributed by atoms with E-state index in [-0.39, 0.29) is 23.9 Å². The molecule has 1 saturated heterocycles. The van der Waals surface area contributed by atoms with Crippen LogP contribution in [0.25, 0.3) is 0 Å². The van der Waals surface area contributed by atoms with E-state index in [9.17, 15) is 9.59 Å². The third kappa shape index (κ3) is 2.05. The first-order valence-corrected chi connectivity index (χ1v) is 7.59. The summed E-state index contributed by atoms with van der Waals surface area (Å²) in [6, 6.07) is 0. The number of carbonyl (C=O) groups is 2. The Hall–Kier alpha value is -1.06. The molecule has 0 bridgehead atoms. The Bertz CT molecular complexity index is 410. The summed E-state index contributed by atoms with van der Waals surface area (Å²) in [6.45, 7) is 4.33. The third-order valence-electron chi connectivity index (χ3n) is 5.37. The summed E-state index contributed by atoms with van der Waals surface area (Å²) in [5.41, 5.74) is -0.751. The average molecular weight is 264 g/mol. The van der Waals surface area contributed by atoms with Crippen molar-refractivity contribution in [3.05, 3.63) is 0 Å². The van der Waals surface area contributed by atoms with Crippen LogP contribution in [0.3, 0.4) is 0 Å². The summed E-state index contributed by atoms with van der Waals surface area (Å²) in [5, 5.41) is 2.96. The molecule has 3 rings (SSSR count). The van der Waals surface area contributed by atoms with E-state index in [1.54, 1.807) is 0 Å². The molecule has 1 atom stereocenters. The SMILES string of the molecule is CC1(C2CC2)NC(=O)CN(C2(C)CCCCC2)C1=O. The zero-order chi connectivity index (χ0) is 13.7. The van der Waals surface area contributed by atoms with Crippen LogP contribution >= 0.6 is 0 Å². The van der Waals surface area contributed by atoms with Gasteiger partial charge in [-0.2, -0.15) is 0 Å². The minimum absolute atomic E-state index is 0.0146. The number of hydrogen-bond donors (Lipinski definition) is 1. The quantitative estimate of drug-likeness (QED) is 0.827. The molecule has 0 aromatic rings. The van der Waals surface area contributed by atoms with E-state index in [4.69, 9.17) is 0 Å². The van der Waals surface area contributed by atoms with Gasteiger partial charge in [-0.15, -0.1) is 0 Å². The van der Waals surface area contributed by atoms with Crippen LogP contribution < -0.4 is 5.32 Å². The molecular weight excluding hydrogens is 240 g/mol. The van der Waals surface area contributed by atoms with Crippen molar-refractivity contribution in [3.63, 3.8) is 0 Å².